The van der Waals surface area contributed by atoms with E-state index in [0.717, 1.165) is 19.0 Å². The van der Waals surface area contributed by atoms with Gasteiger partial charge in [-0.25, -0.2) is 0 Å². The van der Waals surface area contributed by atoms with Crippen LogP contribution < -0.4 is 5.32 Å². The maximum absolute atomic E-state index is 3.38. The third-order valence-electron chi connectivity index (χ3n) is 4.87. The topological polar surface area (TPSA) is 15.3 Å². The highest BCUT2D eigenvalue weighted by Crippen LogP contribution is 2.29. The number of nitrogens with zero attached hydrogens (tertiary/aromatic N) is 1. The molecule has 0 aromatic heterocycles. The SMILES string of the molecule is CNCC1Cc2ccccc2CN1CC1CCCC1. The normalized spacial score (nSPS) is 24.6. The van der Waals surface area contributed by atoms with Gasteiger partial charge in [0.15, 0.2) is 0 Å². The first-order chi connectivity index (χ1) is 9.36. The van der Waals surface area contributed by atoms with E-state index in [4.69, 9.17) is 0 Å². The molecule has 1 fully saturated rings. The Balaban J connectivity index is 1.73. The smallest absolute Gasteiger partial charge is 0.0264 e. The molecule has 1 aromatic carbocycles. The van der Waals surface area contributed by atoms with Crippen molar-refractivity contribution in [3.05, 3.63) is 35.4 Å². The van der Waals surface area contributed by atoms with E-state index in [0.29, 0.717) is 6.04 Å². The minimum atomic E-state index is 0.681. The predicted octanol–water partition coefficient (Wildman–Crippen LogP) is 2.82. The summed E-state index contributed by atoms with van der Waals surface area (Å²) < 4.78 is 0. The zero-order valence-electron chi connectivity index (χ0n) is 12.1. The highest BCUT2D eigenvalue weighted by molar-refractivity contribution is 5.30. The van der Waals surface area contributed by atoms with E-state index in [9.17, 15) is 0 Å². The van der Waals surface area contributed by atoms with E-state index < -0.39 is 0 Å². The Kier molecular flexibility index (Phi) is 4.19. The summed E-state index contributed by atoms with van der Waals surface area (Å²) >= 11 is 0. The zero-order valence-corrected chi connectivity index (χ0v) is 12.1. The van der Waals surface area contributed by atoms with Gasteiger partial charge in [0, 0.05) is 25.7 Å². The lowest BCUT2D eigenvalue weighted by atomic mass is 9.92. The van der Waals surface area contributed by atoms with E-state index in [1.807, 2.05) is 0 Å². The first-order valence-corrected chi connectivity index (χ1v) is 7.82. The molecule has 19 heavy (non-hydrogen) atoms. The summed E-state index contributed by atoms with van der Waals surface area (Å²) in [7, 11) is 2.08. The lowest BCUT2D eigenvalue weighted by molar-refractivity contribution is 0.144. The molecule has 104 valence electrons. The number of benzene rings is 1. The van der Waals surface area contributed by atoms with Crippen LogP contribution in [0.4, 0.5) is 0 Å². The van der Waals surface area contributed by atoms with Crippen LogP contribution in [0, 0.1) is 5.92 Å². The molecule has 3 rings (SSSR count). The molecule has 1 aliphatic heterocycles. The Bertz CT molecular complexity index is 409. The Labute approximate surface area is 117 Å². The molecule has 2 aliphatic rings. The van der Waals surface area contributed by atoms with Gasteiger partial charge in [0.1, 0.15) is 0 Å². The van der Waals surface area contributed by atoms with Crippen molar-refractivity contribution in [3.8, 4) is 0 Å². The monoisotopic (exact) mass is 258 g/mol. The fourth-order valence-corrected chi connectivity index (χ4v) is 3.82. The van der Waals surface area contributed by atoms with Crippen molar-refractivity contribution in [2.75, 3.05) is 20.1 Å². The first-order valence-electron chi connectivity index (χ1n) is 7.82. The average molecular weight is 258 g/mol. The quantitative estimate of drug-likeness (QED) is 0.893. The Morgan fingerprint density at radius 1 is 1.16 bits per heavy atom. The van der Waals surface area contributed by atoms with Gasteiger partial charge < -0.3 is 5.32 Å². The number of rotatable bonds is 4. The third kappa shape index (κ3) is 3.01. The third-order valence-corrected chi connectivity index (χ3v) is 4.87. The summed E-state index contributed by atoms with van der Waals surface area (Å²) in [4.78, 5) is 2.73. The van der Waals surface area contributed by atoms with E-state index >= 15 is 0 Å². The van der Waals surface area contributed by atoms with Gasteiger partial charge in [0.05, 0.1) is 0 Å². The van der Waals surface area contributed by atoms with Gasteiger partial charge in [-0.2, -0.15) is 0 Å². The molecule has 1 saturated carbocycles. The van der Waals surface area contributed by atoms with E-state index in [1.165, 1.54) is 38.6 Å². The van der Waals surface area contributed by atoms with Gasteiger partial charge in [-0.3, -0.25) is 4.90 Å². The van der Waals surface area contributed by atoms with Crippen LogP contribution in [0.15, 0.2) is 24.3 Å². The molecule has 0 amide bonds. The van der Waals surface area contributed by atoms with Crippen molar-refractivity contribution in [2.45, 2.75) is 44.7 Å². The lowest BCUT2D eigenvalue weighted by Crippen LogP contribution is -2.47. The molecule has 1 atom stereocenters. The second-order valence-electron chi connectivity index (χ2n) is 6.26. The van der Waals surface area contributed by atoms with Crippen LogP contribution in [0.1, 0.15) is 36.8 Å². The average Bonchev–Trinajstić information content (AvgIpc) is 2.93. The Morgan fingerprint density at radius 2 is 1.89 bits per heavy atom. The number of fused-ring (bicyclic) bond motifs is 1. The maximum atomic E-state index is 3.38. The molecule has 0 bridgehead atoms. The number of hydrogen-bond acceptors (Lipinski definition) is 2. The van der Waals surface area contributed by atoms with Gasteiger partial charge in [-0.1, -0.05) is 37.1 Å². The van der Waals surface area contributed by atoms with Crippen molar-refractivity contribution in [1.82, 2.24) is 10.2 Å². The van der Waals surface area contributed by atoms with E-state index in [1.54, 1.807) is 11.1 Å². The van der Waals surface area contributed by atoms with Gasteiger partial charge >= 0.3 is 0 Å². The summed E-state index contributed by atoms with van der Waals surface area (Å²) in [5, 5.41) is 3.38. The molecule has 0 spiro atoms. The molecule has 1 N–H and O–H groups in total. The standard InChI is InChI=1S/C17H26N2/c1-18-11-17-10-15-8-4-5-9-16(15)13-19(17)12-14-6-2-3-7-14/h4-5,8-9,14,17-18H,2-3,6-7,10-13H2,1H3. The highest BCUT2D eigenvalue weighted by atomic mass is 15.2. The largest absolute Gasteiger partial charge is 0.318 e. The van der Waals surface area contributed by atoms with Crippen LogP contribution in [-0.4, -0.2) is 31.1 Å². The van der Waals surface area contributed by atoms with E-state index in [-0.39, 0.29) is 0 Å². The van der Waals surface area contributed by atoms with Gasteiger partial charge in [-0.15, -0.1) is 0 Å². The van der Waals surface area contributed by atoms with Crippen LogP contribution in [0.25, 0.3) is 0 Å². The summed E-state index contributed by atoms with van der Waals surface area (Å²) in [6, 6.07) is 9.67. The lowest BCUT2D eigenvalue weighted by Gasteiger charge is -2.38. The van der Waals surface area contributed by atoms with Crippen LogP contribution >= 0.6 is 0 Å². The fourth-order valence-electron chi connectivity index (χ4n) is 3.82. The van der Waals surface area contributed by atoms with Crippen LogP contribution in [0.2, 0.25) is 0 Å². The van der Waals surface area contributed by atoms with E-state index in [2.05, 4.69) is 41.5 Å². The summed E-state index contributed by atoms with van der Waals surface area (Å²) in [5.74, 6) is 0.949. The van der Waals surface area contributed by atoms with Crippen LogP contribution in [-0.2, 0) is 13.0 Å². The molecule has 1 aliphatic carbocycles. The van der Waals surface area contributed by atoms with Gasteiger partial charge in [0.25, 0.3) is 0 Å². The second kappa shape index (κ2) is 6.06. The molecule has 0 saturated heterocycles. The predicted molar refractivity (Wildman–Crippen MR) is 80.2 cm³/mol. The van der Waals surface area contributed by atoms with Gasteiger partial charge in [-0.05, 0) is 43.4 Å². The molecule has 1 aromatic rings. The zero-order chi connectivity index (χ0) is 13.1. The summed E-state index contributed by atoms with van der Waals surface area (Å²) in [6.45, 7) is 3.57. The summed E-state index contributed by atoms with van der Waals surface area (Å²) in [6.07, 6.45) is 7.01. The van der Waals surface area contributed by atoms with Crippen LogP contribution in [0.3, 0.4) is 0 Å². The van der Waals surface area contributed by atoms with Crippen molar-refractivity contribution >= 4 is 0 Å². The Morgan fingerprint density at radius 3 is 2.63 bits per heavy atom. The number of likely N-dealkylation sites (N-methyl/N-ethyl adjacent to an activating group) is 1. The molecular formula is C17H26N2. The first kappa shape index (κ1) is 13.1. The minimum absolute atomic E-state index is 0.681. The molecule has 1 unspecified atom stereocenters. The van der Waals surface area contributed by atoms with Crippen LogP contribution in [0.5, 0.6) is 0 Å². The maximum Gasteiger partial charge on any atom is 0.0264 e. The fraction of sp³-hybridized carbons (Fsp3) is 0.647. The van der Waals surface area contributed by atoms with Crippen molar-refractivity contribution in [2.24, 2.45) is 5.92 Å². The molecule has 0 radical (unpaired) electrons. The summed E-state index contributed by atoms with van der Waals surface area (Å²) in [5.41, 5.74) is 3.11. The van der Waals surface area contributed by atoms with Gasteiger partial charge in [0.2, 0.25) is 0 Å². The molecule has 1 heterocycles. The molecule has 2 heteroatoms. The Hall–Kier alpha value is -0.860. The number of hydrogen-bond donors (Lipinski definition) is 1. The molecular weight excluding hydrogens is 232 g/mol. The van der Waals surface area contributed by atoms with Crippen molar-refractivity contribution in [3.63, 3.8) is 0 Å². The highest BCUT2D eigenvalue weighted by Gasteiger charge is 2.28. The molecule has 2 nitrogen and oxygen atoms in total. The number of nitrogens with one attached hydrogen (secondary N) is 1. The second-order valence-corrected chi connectivity index (χ2v) is 6.26. The van der Waals surface area contributed by atoms with Crippen molar-refractivity contribution < 1.29 is 0 Å². The minimum Gasteiger partial charge on any atom is -0.318 e. The van der Waals surface area contributed by atoms with Crippen molar-refractivity contribution in [1.29, 1.82) is 0 Å².